The van der Waals surface area contributed by atoms with Crippen LogP contribution in [0.25, 0.3) is 10.2 Å². The Morgan fingerprint density at radius 3 is 2.08 bits per heavy atom. The van der Waals surface area contributed by atoms with E-state index in [1.807, 2.05) is 98.8 Å². The Bertz CT molecular complexity index is 2100. The van der Waals surface area contributed by atoms with Gasteiger partial charge in [0.05, 0.1) is 26.8 Å². The molecule has 0 spiro atoms. The van der Waals surface area contributed by atoms with Crippen LogP contribution < -0.4 is 9.62 Å². The summed E-state index contributed by atoms with van der Waals surface area (Å²) in [5.74, 6) is -0.878. The number of hydrogen-bond donors (Lipinski definition) is 1. The number of thiazole rings is 1. The lowest BCUT2D eigenvalue weighted by Gasteiger charge is -2.33. The minimum Gasteiger partial charge on any atom is -0.325 e. The number of hydrogen-bond acceptors (Lipinski definition) is 7. The molecule has 1 aromatic heterocycles. The number of nitrogens with zero attached hydrogens (tertiary/aromatic N) is 2. The summed E-state index contributed by atoms with van der Waals surface area (Å²) in [5, 5.41) is 1.72. The second-order valence-electron chi connectivity index (χ2n) is 11.2. The fourth-order valence-electron chi connectivity index (χ4n) is 5.40. The van der Waals surface area contributed by atoms with E-state index in [1.54, 1.807) is 36.4 Å². The van der Waals surface area contributed by atoms with Crippen molar-refractivity contribution in [3.8, 4) is 0 Å². The molecule has 7 nitrogen and oxygen atoms in total. The van der Waals surface area contributed by atoms with Crippen LogP contribution >= 0.6 is 23.1 Å². The average Bonchev–Trinajstić information content (AvgIpc) is 3.53. The second-order valence-corrected chi connectivity index (χ2v) is 15.4. The highest BCUT2D eigenvalue weighted by Crippen LogP contribution is 2.37. The molecule has 6 aromatic rings. The van der Waals surface area contributed by atoms with E-state index in [9.17, 15) is 18.0 Å². The molecule has 1 N–H and O–H groups in total. The number of nitrogens with one attached hydrogen (secondary N) is 1. The van der Waals surface area contributed by atoms with E-state index in [-0.39, 0.29) is 10.7 Å². The van der Waals surface area contributed by atoms with Gasteiger partial charge in [-0.25, -0.2) is 13.4 Å². The zero-order chi connectivity index (χ0) is 33.7. The Hall–Kier alpha value is -4.77. The van der Waals surface area contributed by atoms with Crippen LogP contribution in [-0.2, 0) is 14.8 Å². The van der Waals surface area contributed by atoms with Gasteiger partial charge in [0.25, 0.3) is 10.0 Å². The van der Waals surface area contributed by atoms with Crippen LogP contribution in [0.4, 0.5) is 11.4 Å². The highest BCUT2D eigenvalue weighted by atomic mass is 32.2. The first kappa shape index (κ1) is 33.1. The van der Waals surface area contributed by atoms with Gasteiger partial charge < -0.3 is 5.32 Å². The lowest BCUT2D eigenvalue weighted by molar-refractivity contribution is -0.115. The second kappa shape index (κ2) is 14.6. The number of thioether (sulfide) groups is 1. The molecular weight excluding hydrogens is 659 g/mol. The summed E-state index contributed by atoms with van der Waals surface area (Å²) in [6.45, 7) is 3.92. The molecule has 1 heterocycles. The van der Waals surface area contributed by atoms with Gasteiger partial charge in [0, 0.05) is 11.3 Å². The minimum atomic E-state index is -4.04. The molecule has 0 radical (unpaired) electrons. The molecule has 48 heavy (non-hydrogen) atoms. The van der Waals surface area contributed by atoms with Crippen molar-refractivity contribution in [2.45, 2.75) is 40.8 Å². The van der Waals surface area contributed by atoms with Crippen LogP contribution in [0.3, 0.4) is 0 Å². The monoisotopic (exact) mass is 691 g/mol. The molecule has 0 saturated carbocycles. The number of ketones is 1. The number of benzene rings is 5. The van der Waals surface area contributed by atoms with Gasteiger partial charge in [-0.3, -0.25) is 13.9 Å². The summed E-state index contributed by atoms with van der Waals surface area (Å²) in [5.41, 5.74) is 4.04. The molecule has 0 aliphatic rings. The molecule has 2 unspecified atom stereocenters. The molecule has 0 fully saturated rings. The molecule has 0 bridgehead atoms. The highest BCUT2D eigenvalue weighted by Gasteiger charge is 2.33. The Kier molecular flexibility index (Phi) is 10.0. The van der Waals surface area contributed by atoms with Gasteiger partial charge in [-0.2, -0.15) is 0 Å². The number of rotatable bonds is 12. The van der Waals surface area contributed by atoms with E-state index >= 15 is 0 Å². The first-order valence-electron chi connectivity index (χ1n) is 15.4. The van der Waals surface area contributed by atoms with Crippen LogP contribution in [0.2, 0.25) is 0 Å². The van der Waals surface area contributed by atoms with E-state index in [0.717, 1.165) is 33.1 Å². The van der Waals surface area contributed by atoms with Gasteiger partial charge in [0.2, 0.25) is 5.91 Å². The third-order valence-corrected chi connectivity index (χ3v) is 12.0. The van der Waals surface area contributed by atoms with Crippen LogP contribution in [0.5, 0.6) is 0 Å². The highest BCUT2D eigenvalue weighted by molar-refractivity contribution is 8.03. The van der Waals surface area contributed by atoms with Gasteiger partial charge in [-0.1, -0.05) is 109 Å². The van der Waals surface area contributed by atoms with Crippen molar-refractivity contribution in [3.63, 3.8) is 0 Å². The topological polar surface area (TPSA) is 96.4 Å². The number of para-hydroxylation sites is 1. The minimum absolute atomic E-state index is 0.0798. The van der Waals surface area contributed by atoms with E-state index in [0.29, 0.717) is 27.7 Å². The number of sulfonamides is 1. The van der Waals surface area contributed by atoms with Gasteiger partial charge in [0.1, 0.15) is 0 Å². The van der Waals surface area contributed by atoms with Crippen molar-refractivity contribution in [3.05, 3.63) is 150 Å². The fourth-order valence-corrected chi connectivity index (χ4v) is 9.33. The summed E-state index contributed by atoms with van der Waals surface area (Å²) >= 11 is 2.52. The zero-order valence-electron chi connectivity index (χ0n) is 26.3. The predicted octanol–water partition coefficient (Wildman–Crippen LogP) is 8.93. The maximum atomic E-state index is 14.3. The van der Waals surface area contributed by atoms with E-state index in [2.05, 4.69) is 10.3 Å². The standard InChI is InChI=1S/C38H33N3O4S3/c1-3-33(27-12-6-4-7-13-27)41(30-22-18-26(2)19-23-30)48(44,45)31-24-20-29(21-25-31)39-37(43)36(35(42)28-14-8-5-9-15-28)47-38-40-32-16-10-11-17-34(32)46-38/h4-25,33,36H,3H2,1-2H3,(H,39,43). The van der Waals surface area contributed by atoms with Crippen molar-refractivity contribution in [1.82, 2.24) is 4.98 Å². The maximum absolute atomic E-state index is 14.3. The number of carbonyl (C=O) groups is 2. The lowest BCUT2D eigenvalue weighted by atomic mass is 10.0. The third kappa shape index (κ3) is 7.21. The molecule has 0 aliphatic heterocycles. The predicted molar refractivity (Wildman–Crippen MR) is 195 cm³/mol. The first-order valence-corrected chi connectivity index (χ1v) is 18.6. The number of anilines is 2. The van der Waals surface area contributed by atoms with Gasteiger partial charge in [0.15, 0.2) is 15.4 Å². The molecule has 242 valence electrons. The van der Waals surface area contributed by atoms with Crippen LogP contribution in [0, 0.1) is 6.92 Å². The van der Waals surface area contributed by atoms with Gasteiger partial charge in [-0.15, -0.1) is 11.3 Å². The SMILES string of the molecule is CCC(c1ccccc1)N(c1ccc(C)cc1)S(=O)(=O)c1ccc(NC(=O)C(Sc2nc3ccccc3s2)C(=O)c2ccccc2)cc1. The Labute approximate surface area is 288 Å². The van der Waals surface area contributed by atoms with Crippen molar-refractivity contribution in [2.75, 3.05) is 9.62 Å². The normalized spacial score (nSPS) is 12.7. The van der Waals surface area contributed by atoms with Crippen LogP contribution in [0.15, 0.2) is 143 Å². The number of aryl methyl sites for hydroxylation is 1. The van der Waals surface area contributed by atoms with Gasteiger partial charge >= 0.3 is 0 Å². The smallest absolute Gasteiger partial charge is 0.264 e. The zero-order valence-corrected chi connectivity index (χ0v) is 28.8. The molecule has 10 heteroatoms. The molecule has 5 aromatic carbocycles. The number of carbonyl (C=O) groups excluding carboxylic acids is 2. The Balaban J connectivity index is 1.28. The van der Waals surface area contributed by atoms with Crippen molar-refractivity contribution in [2.24, 2.45) is 0 Å². The van der Waals surface area contributed by atoms with Crippen molar-refractivity contribution < 1.29 is 18.0 Å². The van der Waals surface area contributed by atoms with Gasteiger partial charge in [-0.05, 0) is 67.4 Å². The summed E-state index contributed by atoms with van der Waals surface area (Å²) < 4.78 is 31.7. The quantitative estimate of drug-likeness (QED) is 0.0782. The van der Waals surface area contributed by atoms with E-state index in [4.69, 9.17) is 0 Å². The summed E-state index contributed by atoms with van der Waals surface area (Å²) in [7, 11) is -4.04. The number of amides is 1. The third-order valence-electron chi connectivity index (χ3n) is 7.85. The molecule has 0 saturated heterocycles. The van der Waals surface area contributed by atoms with E-state index in [1.165, 1.54) is 27.8 Å². The van der Waals surface area contributed by atoms with Crippen molar-refractivity contribution >= 4 is 66.4 Å². The number of aromatic nitrogens is 1. The maximum Gasteiger partial charge on any atom is 0.264 e. The van der Waals surface area contributed by atoms with Crippen LogP contribution in [-0.4, -0.2) is 30.3 Å². The average molecular weight is 692 g/mol. The summed E-state index contributed by atoms with van der Waals surface area (Å²) in [4.78, 5) is 32.1. The Morgan fingerprint density at radius 1 is 0.812 bits per heavy atom. The molecule has 2 atom stereocenters. The number of Topliss-reactive ketones (excluding diaryl/α,β-unsaturated/α-hetero) is 1. The summed E-state index contributed by atoms with van der Waals surface area (Å²) in [6.07, 6.45) is 0.550. The van der Waals surface area contributed by atoms with Crippen LogP contribution in [0.1, 0.15) is 40.9 Å². The Morgan fingerprint density at radius 2 is 1.44 bits per heavy atom. The van der Waals surface area contributed by atoms with Crippen molar-refractivity contribution in [1.29, 1.82) is 0 Å². The molecular formula is C38H33N3O4S3. The van der Waals surface area contributed by atoms with E-state index < -0.39 is 27.2 Å². The largest absolute Gasteiger partial charge is 0.325 e. The fraction of sp³-hybridized carbons (Fsp3) is 0.132. The lowest BCUT2D eigenvalue weighted by Crippen LogP contribution is -2.35. The molecule has 1 amide bonds. The first-order chi connectivity index (χ1) is 23.2. The molecule has 0 aliphatic carbocycles. The molecule has 6 rings (SSSR count). The number of fused-ring (bicyclic) bond motifs is 1. The summed E-state index contributed by atoms with van der Waals surface area (Å²) in [6, 6.07) is 39.0.